The van der Waals surface area contributed by atoms with Gasteiger partial charge in [0, 0.05) is 37.2 Å². The lowest BCUT2D eigenvalue weighted by atomic mass is 10.0. The van der Waals surface area contributed by atoms with E-state index in [9.17, 15) is 24.1 Å². The zero-order valence-electron chi connectivity index (χ0n) is 22.0. The molecule has 0 saturated heterocycles. The highest BCUT2D eigenvalue weighted by atomic mass is 19.1. The van der Waals surface area contributed by atoms with Crippen molar-refractivity contribution in [3.63, 3.8) is 0 Å². The molecule has 3 aromatic carbocycles. The molecule has 0 heterocycles. The van der Waals surface area contributed by atoms with Crippen LogP contribution < -0.4 is 14.8 Å². The maximum Gasteiger partial charge on any atom is 0.311 e. The summed E-state index contributed by atoms with van der Waals surface area (Å²) in [6.07, 6.45) is 1.87. The Morgan fingerprint density at radius 2 is 1.79 bits per heavy atom. The summed E-state index contributed by atoms with van der Waals surface area (Å²) < 4.78 is 25.4. The Labute approximate surface area is 226 Å². The van der Waals surface area contributed by atoms with Crippen molar-refractivity contribution in [1.82, 2.24) is 10.2 Å². The number of methoxy groups -OCH3 is 1. The number of hydrogen-bond donors (Lipinski definition) is 1. The molecule has 39 heavy (non-hydrogen) atoms. The number of benzene rings is 3. The average molecular weight is 538 g/mol. The fourth-order valence-electron chi connectivity index (χ4n) is 4.00. The lowest BCUT2D eigenvalue weighted by Crippen LogP contribution is -2.52. The lowest BCUT2D eigenvalue weighted by molar-refractivity contribution is -0.385. The van der Waals surface area contributed by atoms with E-state index in [-0.39, 0.29) is 41.6 Å². The fraction of sp³-hybridized carbons (Fsp3) is 0.310. The summed E-state index contributed by atoms with van der Waals surface area (Å²) in [4.78, 5) is 38.9. The molecule has 0 aliphatic carbocycles. The van der Waals surface area contributed by atoms with E-state index < -0.39 is 29.3 Å². The van der Waals surface area contributed by atoms with E-state index >= 15 is 0 Å². The smallest absolute Gasteiger partial charge is 0.311 e. The molecule has 0 aliphatic heterocycles. The molecular weight excluding hydrogens is 505 g/mol. The summed E-state index contributed by atoms with van der Waals surface area (Å²) >= 11 is 0. The Hall–Kier alpha value is -4.47. The second-order valence-corrected chi connectivity index (χ2v) is 8.84. The number of unbranched alkanes of at least 4 members (excludes halogenated alkanes) is 1. The van der Waals surface area contributed by atoms with Crippen LogP contribution in [0.5, 0.6) is 11.5 Å². The van der Waals surface area contributed by atoms with Crippen LogP contribution >= 0.6 is 0 Å². The highest BCUT2D eigenvalue weighted by molar-refractivity contribution is 5.88. The molecule has 2 amide bonds. The van der Waals surface area contributed by atoms with Crippen LogP contribution in [-0.4, -0.2) is 47.9 Å². The fourth-order valence-corrected chi connectivity index (χ4v) is 4.00. The SMILES string of the molecule is CCCCNC(=O)[C@@H](Cc1ccccc1)N(Cc1ccccc1F)C(=O)COc1ccc([N+](=O)[O-])c(OC)c1. The number of halogens is 1. The van der Waals surface area contributed by atoms with Crippen molar-refractivity contribution in [1.29, 1.82) is 0 Å². The number of nitrogens with one attached hydrogen (secondary N) is 1. The van der Waals surface area contributed by atoms with Crippen LogP contribution in [0.4, 0.5) is 10.1 Å². The summed E-state index contributed by atoms with van der Waals surface area (Å²) in [5.74, 6) is -1.26. The van der Waals surface area contributed by atoms with Crippen LogP contribution in [0.15, 0.2) is 72.8 Å². The van der Waals surface area contributed by atoms with E-state index in [2.05, 4.69) is 5.32 Å². The van der Waals surface area contributed by atoms with Gasteiger partial charge in [0.1, 0.15) is 17.6 Å². The molecule has 0 spiro atoms. The first-order valence-corrected chi connectivity index (χ1v) is 12.6. The number of nitrogens with zero attached hydrogens (tertiary/aromatic N) is 2. The highest BCUT2D eigenvalue weighted by Crippen LogP contribution is 2.31. The lowest BCUT2D eigenvalue weighted by Gasteiger charge is -2.31. The summed E-state index contributed by atoms with van der Waals surface area (Å²) in [5.41, 5.74) is 0.840. The molecule has 3 aromatic rings. The minimum atomic E-state index is -0.939. The third kappa shape index (κ3) is 8.26. The van der Waals surface area contributed by atoms with E-state index in [0.717, 1.165) is 18.4 Å². The molecule has 0 aliphatic rings. The molecule has 10 heteroatoms. The Balaban J connectivity index is 1.91. The van der Waals surface area contributed by atoms with Gasteiger partial charge in [-0.3, -0.25) is 19.7 Å². The molecule has 0 bridgehead atoms. The van der Waals surface area contributed by atoms with Crippen molar-refractivity contribution < 1.29 is 28.4 Å². The first-order valence-electron chi connectivity index (χ1n) is 12.6. The van der Waals surface area contributed by atoms with Gasteiger partial charge in [0.05, 0.1) is 12.0 Å². The topological polar surface area (TPSA) is 111 Å². The first kappa shape index (κ1) is 29.1. The first-order chi connectivity index (χ1) is 18.8. The predicted molar refractivity (Wildman–Crippen MR) is 144 cm³/mol. The second-order valence-electron chi connectivity index (χ2n) is 8.84. The van der Waals surface area contributed by atoms with Crippen LogP contribution in [0.1, 0.15) is 30.9 Å². The summed E-state index contributed by atoms with van der Waals surface area (Å²) in [6, 6.07) is 18.3. The van der Waals surface area contributed by atoms with Crippen molar-refractivity contribution >= 4 is 17.5 Å². The van der Waals surface area contributed by atoms with E-state index in [1.807, 2.05) is 37.3 Å². The van der Waals surface area contributed by atoms with Gasteiger partial charge in [-0.1, -0.05) is 61.9 Å². The number of nitro benzene ring substituents is 1. The van der Waals surface area contributed by atoms with Crippen LogP contribution in [-0.2, 0) is 22.6 Å². The number of rotatable bonds is 14. The highest BCUT2D eigenvalue weighted by Gasteiger charge is 2.31. The third-order valence-corrected chi connectivity index (χ3v) is 6.11. The van der Waals surface area contributed by atoms with E-state index in [1.165, 1.54) is 36.3 Å². The number of nitro groups is 1. The van der Waals surface area contributed by atoms with Crippen molar-refractivity contribution in [2.45, 2.75) is 38.8 Å². The van der Waals surface area contributed by atoms with Gasteiger partial charge < -0.3 is 19.7 Å². The third-order valence-electron chi connectivity index (χ3n) is 6.11. The van der Waals surface area contributed by atoms with Crippen molar-refractivity contribution in [3.8, 4) is 11.5 Å². The zero-order chi connectivity index (χ0) is 28.2. The van der Waals surface area contributed by atoms with Gasteiger partial charge in [0.25, 0.3) is 5.91 Å². The number of carbonyl (C=O) groups is 2. The summed E-state index contributed by atoms with van der Waals surface area (Å²) in [5, 5.41) is 14.1. The van der Waals surface area contributed by atoms with E-state index in [4.69, 9.17) is 9.47 Å². The molecule has 206 valence electrons. The minimum Gasteiger partial charge on any atom is -0.490 e. The molecule has 1 atom stereocenters. The monoisotopic (exact) mass is 537 g/mol. The predicted octanol–water partition coefficient (Wildman–Crippen LogP) is 4.68. The molecule has 0 fully saturated rings. The molecule has 0 radical (unpaired) electrons. The minimum absolute atomic E-state index is 0.0228. The molecule has 3 rings (SSSR count). The van der Waals surface area contributed by atoms with Crippen molar-refractivity contribution in [2.24, 2.45) is 0 Å². The van der Waals surface area contributed by atoms with Crippen LogP contribution in [0.2, 0.25) is 0 Å². The van der Waals surface area contributed by atoms with Crippen molar-refractivity contribution in [3.05, 3.63) is 99.9 Å². The number of amides is 2. The number of hydrogen-bond acceptors (Lipinski definition) is 6. The average Bonchev–Trinajstić information content (AvgIpc) is 2.94. The Morgan fingerprint density at radius 3 is 2.46 bits per heavy atom. The number of carbonyl (C=O) groups excluding carboxylic acids is 2. The Bertz CT molecular complexity index is 1270. The van der Waals surface area contributed by atoms with Gasteiger partial charge in [-0.05, 0) is 24.1 Å². The van der Waals surface area contributed by atoms with E-state index in [1.54, 1.807) is 18.2 Å². The van der Waals surface area contributed by atoms with Crippen molar-refractivity contribution in [2.75, 3.05) is 20.3 Å². The maximum absolute atomic E-state index is 14.7. The largest absolute Gasteiger partial charge is 0.490 e. The van der Waals surface area contributed by atoms with Crippen LogP contribution in [0, 0.1) is 15.9 Å². The van der Waals surface area contributed by atoms with Gasteiger partial charge in [-0.15, -0.1) is 0 Å². The molecule has 0 saturated carbocycles. The van der Waals surface area contributed by atoms with E-state index in [0.29, 0.717) is 6.54 Å². The molecule has 1 N–H and O–H groups in total. The Morgan fingerprint density at radius 1 is 1.08 bits per heavy atom. The zero-order valence-corrected chi connectivity index (χ0v) is 22.0. The summed E-state index contributed by atoms with van der Waals surface area (Å²) in [7, 11) is 1.29. The molecule has 9 nitrogen and oxygen atoms in total. The van der Waals surface area contributed by atoms with Gasteiger partial charge in [-0.2, -0.15) is 0 Å². The maximum atomic E-state index is 14.7. The van der Waals surface area contributed by atoms with Gasteiger partial charge in [0.15, 0.2) is 6.61 Å². The number of ether oxygens (including phenoxy) is 2. The Kier molecular flexibility index (Phi) is 10.8. The van der Waals surface area contributed by atoms with Crippen LogP contribution in [0.25, 0.3) is 0 Å². The second kappa shape index (κ2) is 14.5. The molecule has 0 aromatic heterocycles. The van der Waals surface area contributed by atoms with Gasteiger partial charge in [0.2, 0.25) is 11.7 Å². The summed E-state index contributed by atoms with van der Waals surface area (Å²) in [6.45, 7) is 1.81. The normalized spacial score (nSPS) is 11.4. The van der Waals surface area contributed by atoms with Gasteiger partial charge in [-0.25, -0.2) is 4.39 Å². The molecular formula is C29H32FN3O6. The van der Waals surface area contributed by atoms with Crippen LogP contribution in [0.3, 0.4) is 0 Å². The molecule has 0 unspecified atom stereocenters. The van der Waals surface area contributed by atoms with Gasteiger partial charge >= 0.3 is 5.69 Å². The quantitative estimate of drug-likeness (QED) is 0.182. The standard InChI is InChI=1S/C29H32FN3O6/c1-3-4-16-31-29(35)26(17-21-10-6-5-7-11-21)32(19-22-12-8-9-13-24(22)30)28(34)20-39-23-14-15-25(33(36)37)27(18-23)38-2/h5-15,18,26H,3-4,16-17,19-20H2,1-2H3,(H,31,35)/t26-/m1/s1.